The quantitative estimate of drug-likeness (QED) is 0.167. The maximum absolute atomic E-state index is 2.44. The van der Waals surface area contributed by atoms with Gasteiger partial charge in [0.25, 0.3) is 0 Å². The molecule has 0 amide bonds. The Morgan fingerprint density at radius 1 is 0.200 bits per heavy atom. The van der Waals surface area contributed by atoms with Crippen LogP contribution < -0.4 is 0 Å². The highest BCUT2D eigenvalue weighted by atomic mass is 14.2. The minimum atomic E-state index is 1.24. The summed E-state index contributed by atoms with van der Waals surface area (Å²) in [5.74, 6) is 0. The van der Waals surface area contributed by atoms with Gasteiger partial charge in [-0.05, 0) is 127 Å². The van der Waals surface area contributed by atoms with Crippen LogP contribution in [-0.2, 0) is 0 Å². The third-order valence-electron chi connectivity index (χ3n) is 11.0. The average Bonchev–Trinajstić information content (AvgIpc) is 3.20. The first-order chi connectivity index (χ1) is 24.8. The first-order valence-corrected chi connectivity index (χ1v) is 17.4. The molecule has 0 aromatic heterocycles. The van der Waals surface area contributed by atoms with Crippen molar-refractivity contribution in [2.45, 2.75) is 0 Å². The molecule has 0 fully saturated rings. The predicted octanol–water partition coefficient (Wildman–Crippen LogP) is 14.2. The molecule has 11 aromatic carbocycles. The summed E-state index contributed by atoms with van der Waals surface area (Å²) in [5, 5.41) is 20.7. The van der Waals surface area contributed by atoms with E-state index in [1.54, 1.807) is 0 Å². The van der Waals surface area contributed by atoms with Crippen molar-refractivity contribution in [3.05, 3.63) is 182 Å². The van der Waals surface area contributed by atoms with Gasteiger partial charge in [0, 0.05) is 0 Å². The van der Waals surface area contributed by atoms with E-state index >= 15 is 0 Å². The van der Waals surface area contributed by atoms with Gasteiger partial charge in [0.2, 0.25) is 0 Å². The first kappa shape index (κ1) is 27.5. The molecular weight excluding hydrogens is 601 g/mol. The molecule has 0 spiro atoms. The normalized spacial score (nSPS) is 12.0. The number of rotatable bonds is 2. The molecule has 0 N–H and O–H groups in total. The highest BCUT2D eigenvalue weighted by molar-refractivity contribution is 6.39. The van der Waals surface area contributed by atoms with Gasteiger partial charge in [-0.3, -0.25) is 0 Å². The van der Waals surface area contributed by atoms with E-state index in [1.165, 1.54) is 108 Å². The van der Waals surface area contributed by atoms with Gasteiger partial charge >= 0.3 is 0 Å². The molecule has 11 rings (SSSR count). The second kappa shape index (κ2) is 10.5. The van der Waals surface area contributed by atoms with E-state index in [9.17, 15) is 0 Å². The van der Waals surface area contributed by atoms with E-state index in [0.29, 0.717) is 0 Å². The van der Waals surface area contributed by atoms with Crippen molar-refractivity contribution < 1.29 is 0 Å². The van der Waals surface area contributed by atoms with Crippen molar-refractivity contribution in [3.63, 3.8) is 0 Å². The minimum absolute atomic E-state index is 1.24. The molecular formula is C50H30. The molecule has 0 heterocycles. The monoisotopic (exact) mass is 630 g/mol. The van der Waals surface area contributed by atoms with Crippen LogP contribution in [0.1, 0.15) is 0 Å². The topological polar surface area (TPSA) is 0 Å². The van der Waals surface area contributed by atoms with Crippen LogP contribution >= 0.6 is 0 Å². The fraction of sp³-hybridized carbons (Fsp3) is 0. The van der Waals surface area contributed by atoms with Crippen molar-refractivity contribution >= 4 is 86.2 Å². The molecule has 0 saturated heterocycles. The van der Waals surface area contributed by atoms with Crippen molar-refractivity contribution in [2.75, 3.05) is 0 Å². The molecule has 0 nitrogen and oxygen atoms in total. The summed E-state index contributed by atoms with van der Waals surface area (Å²) < 4.78 is 0. The first-order valence-electron chi connectivity index (χ1n) is 17.4. The van der Waals surface area contributed by atoms with Crippen LogP contribution in [0, 0.1) is 0 Å². The highest BCUT2D eigenvalue weighted by Gasteiger charge is 2.17. The SMILES string of the molecule is c1ccc2c(-c3ccc4cc(-c5ccc6c(c5)c5ccccc5c5c7ccccc7c7ccccc7c65)c5ccccc5c4c3)cccc2c1. The van der Waals surface area contributed by atoms with Crippen LogP contribution in [0.4, 0.5) is 0 Å². The maximum atomic E-state index is 2.44. The lowest BCUT2D eigenvalue weighted by molar-refractivity contribution is 1.68. The zero-order valence-corrected chi connectivity index (χ0v) is 27.3. The maximum Gasteiger partial charge on any atom is -0.00139 e. The Balaban J connectivity index is 1.20. The van der Waals surface area contributed by atoms with E-state index in [2.05, 4.69) is 182 Å². The average molecular weight is 631 g/mol. The Bertz CT molecular complexity index is 3190. The van der Waals surface area contributed by atoms with E-state index < -0.39 is 0 Å². The molecule has 230 valence electrons. The van der Waals surface area contributed by atoms with Crippen molar-refractivity contribution in [1.82, 2.24) is 0 Å². The molecule has 0 heteroatoms. The van der Waals surface area contributed by atoms with Gasteiger partial charge in [0.15, 0.2) is 0 Å². The van der Waals surface area contributed by atoms with Gasteiger partial charge < -0.3 is 0 Å². The number of hydrogen-bond acceptors (Lipinski definition) is 0. The smallest absolute Gasteiger partial charge is 0.00139 e. The van der Waals surface area contributed by atoms with E-state index in [0.717, 1.165) is 0 Å². The summed E-state index contributed by atoms with van der Waals surface area (Å²) in [6, 6.07) is 67.6. The molecule has 0 saturated carbocycles. The lowest BCUT2D eigenvalue weighted by Gasteiger charge is -2.18. The Morgan fingerprint density at radius 3 is 1.30 bits per heavy atom. The Kier molecular flexibility index (Phi) is 5.76. The summed E-state index contributed by atoms with van der Waals surface area (Å²) in [5.41, 5.74) is 5.02. The zero-order chi connectivity index (χ0) is 32.8. The van der Waals surface area contributed by atoms with Gasteiger partial charge in [-0.2, -0.15) is 0 Å². The fourth-order valence-corrected chi connectivity index (χ4v) is 8.77. The van der Waals surface area contributed by atoms with Crippen LogP contribution in [0.3, 0.4) is 0 Å². The van der Waals surface area contributed by atoms with Crippen LogP contribution in [-0.4, -0.2) is 0 Å². The van der Waals surface area contributed by atoms with Gasteiger partial charge in [-0.15, -0.1) is 0 Å². The molecule has 0 radical (unpaired) electrons. The van der Waals surface area contributed by atoms with Crippen LogP contribution in [0.5, 0.6) is 0 Å². The third-order valence-corrected chi connectivity index (χ3v) is 11.0. The van der Waals surface area contributed by atoms with Crippen molar-refractivity contribution in [2.24, 2.45) is 0 Å². The van der Waals surface area contributed by atoms with Gasteiger partial charge in [-0.25, -0.2) is 0 Å². The number of hydrogen-bond donors (Lipinski definition) is 0. The zero-order valence-electron chi connectivity index (χ0n) is 27.3. The Labute approximate surface area is 289 Å². The standard InChI is InChI=1S/C50H30/c1-2-14-35-31(12-1)13-11-23-36(35)32-24-25-33-29-47(40-18-4-3-17-39(40)46(33)28-32)34-26-27-45-48(30-34)41-19-7-10-22-44(41)49-42-20-8-5-15-37(42)38-16-6-9-21-43(38)50(45)49/h1-30H. The molecule has 0 aliphatic carbocycles. The fourth-order valence-electron chi connectivity index (χ4n) is 8.77. The lowest BCUT2D eigenvalue weighted by atomic mass is 9.85. The highest BCUT2D eigenvalue weighted by Crippen LogP contribution is 2.45. The molecule has 0 bridgehead atoms. The second-order valence-electron chi connectivity index (χ2n) is 13.6. The van der Waals surface area contributed by atoms with Crippen molar-refractivity contribution in [1.29, 1.82) is 0 Å². The predicted molar refractivity (Wildman–Crippen MR) is 217 cm³/mol. The Hall–Kier alpha value is -6.50. The van der Waals surface area contributed by atoms with Gasteiger partial charge in [0.05, 0.1) is 0 Å². The van der Waals surface area contributed by atoms with Crippen molar-refractivity contribution in [3.8, 4) is 22.3 Å². The summed E-state index contributed by atoms with van der Waals surface area (Å²) in [4.78, 5) is 0. The molecule has 11 aromatic rings. The largest absolute Gasteiger partial charge is 0.0616 e. The minimum Gasteiger partial charge on any atom is -0.0616 e. The molecule has 0 unspecified atom stereocenters. The van der Waals surface area contributed by atoms with Crippen LogP contribution in [0.15, 0.2) is 182 Å². The van der Waals surface area contributed by atoms with E-state index in [4.69, 9.17) is 0 Å². The summed E-state index contributed by atoms with van der Waals surface area (Å²) >= 11 is 0. The van der Waals surface area contributed by atoms with Crippen LogP contribution in [0.2, 0.25) is 0 Å². The summed E-state index contributed by atoms with van der Waals surface area (Å²) in [6.45, 7) is 0. The van der Waals surface area contributed by atoms with E-state index in [-0.39, 0.29) is 0 Å². The number of benzene rings is 11. The molecule has 50 heavy (non-hydrogen) atoms. The van der Waals surface area contributed by atoms with Crippen LogP contribution in [0.25, 0.3) is 108 Å². The second-order valence-corrected chi connectivity index (χ2v) is 13.6. The summed E-state index contributed by atoms with van der Waals surface area (Å²) in [7, 11) is 0. The summed E-state index contributed by atoms with van der Waals surface area (Å²) in [6.07, 6.45) is 0. The molecule has 0 atom stereocenters. The molecule has 0 aliphatic rings. The molecule has 0 aliphatic heterocycles. The van der Waals surface area contributed by atoms with Gasteiger partial charge in [0.1, 0.15) is 0 Å². The van der Waals surface area contributed by atoms with E-state index in [1.807, 2.05) is 0 Å². The van der Waals surface area contributed by atoms with Gasteiger partial charge in [-0.1, -0.05) is 164 Å². The lowest BCUT2D eigenvalue weighted by Crippen LogP contribution is -1.90. The Morgan fingerprint density at radius 2 is 0.640 bits per heavy atom. The third kappa shape index (κ3) is 3.88. The number of fused-ring (bicyclic) bond motifs is 15.